The van der Waals surface area contributed by atoms with Gasteiger partial charge in [-0.05, 0) is 55.8 Å². The molecule has 3 aromatic rings. The molecule has 1 aromatic carbocycles. The SMILES string of the molecule is CC(C)Oc1ccc(NC(=O)c2cnc(NCc3ccncc3)nc2)cc1. The lowest BCUT2D eigenvalue weighted by molar-refractivity contribution is 0.102. The predicted octanol–water partition coefficient (Wildman–Crippen LogP) is 3.52. The van der Waals surface area contributed by atoms with E-state index in [4.69, 9.17) is 4.74 Å². The zero-order valence-corrected chi connectivity index (χ0v) is 15.2. The number of rotatable bonds is 7. The lowest BCUT2D eigenvalue weighted by atomic mass is 10.2. The summed E-state index contributed by atoms with van der Waals surface area (Å²) in [5.74, 6) is 0.947. The van der Waals surface area contributed by atoms with E-state index in [9.17, 15) is 4.79 Å². The standard InChI is InChI=1S/C20H21N5O2/c1-14(2)27-18-5-3-17(4-6-18)25-19(26)16-12-23-20(24-13-16)22-11-15-7-9-21-10-8-15/h3-10,12-14H,11H2,1-2H3,(H,25,26)(H,22,23,24). The maximum absolute atomic E-state index is 12.3. The number of benzene rings is 1. The molecule has 3 rings (SSSR count). The highest BCUT2D eigenvalue weighted by Crippen LogP contribution is 2.17. The van der Waals surface area contributed by atoms with Gasteiger partial charge in [0.05, 0.1) is 11.7 Å². The molecule has 0 unspecified atom stereocenters. The van der Waals surface area contributed by atoms with Gasteiger partial charge in [0, 0.05) is 37.0 Å². The van der Waals surface area contributed by atoms with Crippen molar-refractivity contribution >= 4 is 17.5 Å². The van der Waals surface area contributed by atoms with Crippen molar-refractivity contribution in [2.45, 2.75) is 26.5 Å². The summed E-state index contributed by atoms with van der Waals surface area (Å²) in [4.78, 5) is 24.7. The first-order chi connectivity index (χ1) is 13.1. The molecule has 0 fully saturated rings. The molecular formula is C20H21N5O2. The molecule has 0 radical (unpaired) electrons. The van der Waals surface area contributed by atoms with Crippen molar-refractivity contribution < 1.29 is 9.53 Å². The molecule has 2 heterocycles. The van der Waals surface area contributed by atoms with Crippen LogP contribution in [0, 0.1) is 0 Å². The van der Waals surface area contributed by atoms with Crippen LogP contribution in [0.4, 0.5) is 11.6 Å². The summed E-state index contributed by atoms with van der Waals surface area (Å²) in [5, 5.41) is 5.92. The van der Waals surface area contributed by atoms with Crippen molar-refractivity contribution in [3.63, 3.8) is 0 Å². The van der Waals surface area contributed by atoms with E-state index in [1.54, 1.807) is 24.5 Å². The highest BCUT2D eigenvalue weighted by Gasteiger charge is 2.08. The number of pyridine rings is 1. The Morgan fingerprint density at radius 3 is 2.33 bits per heavy atom. The number of hydrogen-bond donors (Lipinski definition) is 2. The number of hydrogen-bond acceptors (Lipinski definition) is 6. The fraction of sp³-hybridized carbons (Fsp3) is 0.200. The quantitative estimate of drug-likeness (QED) is 0.668. The molecule has 7 nitrogen and oxygen atoms in total. The average Bonchev–Trinajstić information content (AvgIpc) is 2.69. The van der Waals surface area contributed by atoms with Crippen molar-refractivity contribution in [1.82, 2.24) is 15.0 Å². The second-order valence-electron chi connectivity index (χ2n) is 6.15. The summed E-state index contributed by atoms with van der Waals surface area (Å²) in [7, 11) is 0. The minimum absolute atomic E-state index is 0.105. The number of nitrogens with one attached hydrogen (secondary N) is 2. The number of nitrogens with zero attached hydrogens (tertiary/aromatic N) is 3. The van der Waals surface area contributed by atoms with Crippen LogP contribution in [-0.2, 0) is 6.54 Å². The summed E-state index contributed by atoms with van der Waals surface area (Å²) in [5.41, 5.74) is 2.13. The number of carbonyl (C=O) groups is 1. The smallest absolute Gasteiger partial charge is 0.258 e. The maximum Gasteiger partial charge on any atom is 0.258 e. The van der Waals surface area contributed by atoms with Gasteiger partial charge in [0.15, 0.2) is 0 Å². The normalized spacial score (nSPS) is 10.5. The Hall–Kier alpha value is -3.48. The van der Waals surface area contributed by atoms with Crippen LogP contribution < -0.4 is 15.4 Å². The molecule has 1 amide bonds. The molecule has 0 spiro atoms. The molecule has 2 N–H and O–H groups in total. The Morgan fingerprint density at radius 2 is 1.70 bits per heavy atom. The van der Waals surface area contributed by atoms with Crippen LogP contribution in [0.1, 0.15) is 29.8 Å². The van der Waals surface area contributed by atoms with Crippen LogP contribution in [0.15, 0.2) is 61.2 Å². The summed E-state index contributed by atoms with van der Waals surface area (Å²) >= 11 is 0. The third-order valence-electron chi connectivity index (χ3n) is 3.60. The first kappa shape index (κ1) is 18.3. The maximum atomic E-state index is 12.3. The fourth-order valence-corrected chi connectivity index (χ4v) is 2.31. The van der Waals surface area contributed by atoms with Crippen molar-refractivity contribution in [1.29, 1.82) is 0 Å². The monoisotopic (exact) mass is 363 g/mol. The van der Waals surface area contributed by atoms with Crippen LogP contribution in [0.25, 0.3) is 0 Å². The molecule has 0 saturated heterocycles. The third kappa shape index (κ3) is 5.50. The molecule has 0 aliphatic heterocycles. The van der Waals surface area contributed by atoms with Gasteiger partial charge in [-0.3, -0.25) is 9.78 Å². The fourth-order valence-electron chi connectivity index (χ4n) is 2.31. The van der Waals surface area contributed by atoms with Gasteiger partial charge in [-0.1, -0.05) is 0 Å². The number of carbonyl (C=O) groups excluding carboxylic acids is 1. The average molecular weight is 363 g/mol. The Balaban J connectivity index is 1.55. The van der Waals surface area contributed by atoms with Crippen molar-refractivity contribution in [3.05, 3.63) is 72.3 Å². The van der Waals surface area contributed by atoms with Crippen molar-refractivity contribution in [2.75, 3.05) is 10.6 Å². The number of anilines is 2. The number of ether oxygens (including phenoxy) is 1. The molecule has 2 aromatic heterocycles. The molecular weight excluding hydrogens is 342 g/mol. The zero-order chi connectivity index (χ0) is 19.1. The molecule has 27 heavy (non-hydrogen) atoms. The topological polar surface area (TPSA) is 89.0 Å². The van der Waals surface area contributed by atoms with E-state index < -0.39 is 0 Å². The van der Waals surface area contributed by atoms with Gasteiger partial charge >= 0.3 is 0 Å². The van der Waals surface area contributed by atoms with Crippen LogP contribution >= 0.6 is 0 Å². The van der Waals surface area contributed by atoms with Gasteiger partial charge in [-0.15, -0.1) is 0 Å². The summed E-state index contributed by atoms with van der Waals surface area (Å²) in [6, 6.07) is 11.0. The summed E-state index contributed by atoms with van der Waals surface area (Å²) in [6.45, 7) is 4.51. The largest absolute Gasteiger partial charge is 0.491 e. The van der Waals surface area contributed by atoms with Crippen molar-refractivity contribution in [2.24, 2.45) is 0 Å². The molecule has 138 valence electrons. The van der Waals surface area contributed by atoms with Crippen LogP contribution in [0.5, 0.6) is 5.75 Å². The Morgan fingerprint density at radius 1 is 1.04 bits per heavy atom. The minimum Gasteiger partial charge on any atom is -0.491 e. The van der Waals surface area contributed by atoms with E-state index in [1.165, 1.54) is 12.4 Å². The van der Waals surface area contributed by atoms with Gasteiger partial charge < -0.3 is 15.4 Å². The third-order valence-corrected chi connectivity index (χ3v) is 3.60. The summed E-state index contributed by atoms with van der Waals surface area (Å²) in [6.07, 6.45) is 6.55. The molecule has 0 aliphatic rings. The molecule has 0 aliphatic carbocycles. The minimum atomic E-state index is -0.270. The van der Waals surface area contributed by atoms with E-state index >= 15 is 0 Å². The highest BCUT2D eigenvalue weighted by atomic mass is 16.5. The number of amides is 1. The Kier molecular flexibility index (Phi) is 5.94. The van der Waals surface area contributed by atoms with Crippen LogP contribution in [0.3, 0.4) is 0 Å². The molecule has 7 heteroatoms. The first-order valence-corrected chi connectivity index (χ1v) is 8.63. The zero-order valence-electron chi connectivity index (χ0n) is 15.2. The van der Waals surface area contributed by atoms with Crippen molar-refractivity contribution in [3.8, 4) is 5.75 Å². The highest BCUT2D eigenvalue weighted by molar-refractivity contribution is 6.03. The Labute approximate surface area is 157 Å². The van der Waals surface area contributed by atoms with Crippen LogP contribution in [0.2, 0.25) is 0 Å². The second-order valence-corrected chi connectivity index (χ2v) is 6.15. The van der Waals surface area contributed by atoms with Gasteiger partial charge in [-0.25, -0.2) is 9.97 Å². The van der Waals surface area contributed by atoms with Gasteiger partial charge in [0.2, 0.25) is 5.95 Å². The molecule has 0 atom stereocenters. The van der Waals surface area contributed by atoms with E-state index in [2.05, 4.69) is 25.6 Å². The lowest BCUT2D eigenvalue weighted by Gasteiger charge is -2.10. The first-order valence-electron chi connectivity index (χ1n) is 8.63. The van der Waals surface area contributed by atoms with E-state index in [0.717, 1.165) is 11.3 Å². The van der Waals surface area contributed by atoms with Gasteiger partial charge in [0.1, 0.15) is 5.75 Å². The van der Waals surface area contributed by atoms with Crippen LogP contribution in [-0.4, -0.2) is 27.0 Å². The second kappa shape index (κ2) is 8.75. The lowest BCUT2D eigenvalue weighted by Crippen LogP contribution is -2.13. The van der Waals surface area contributed by atoms with Gasteiger partial charge in [0.25, 0.3) is 5.91 Å². The summed E-state index contributed by atoms with van der Waals surface area (Å²) < 4.78 is 5.58. The number of aromatic nitrogens is 3. The molecule has 0 saturated carbocycles. The van der Waals surface area contributed by atoms with E-state index in [0.29, 0.717) is 23.7 Å². The van der Waals surface area contributed by atoms with E-state index in [1.807, 2.05) is 38.1 Å². The Bertz CT molecular complexity index is 865. The van der Waals surface area contributed by atoms with E-state index in [-0.39, 0.29) is 12.0 Å². The molecule has 0 bridgehead atoms. The predicted molar refractivity (Wildman–Crippen MR) is 104 cm³/mol. The van der Waals surface area contributed by atoms with Gasteiger partial charge in [-0.2, -0.15) is 0 Å².